The molecule has 0 fully saturated rings. The van der Waals surface area contributed by atoms with Crippen LogP contribution in [0.5, 0.6) is 0 Å². The van der Waals surface area contributed by atoms with Crippen molar-refractivity contribution in [2.24, 2.45) is 5.41 Å². The topological polar surface area (TPSA) is 106 Å². The normalized spacial score (nSPS) is 13.4. The Bertz CT molecular complexity index is 1140. The van der Waals surface area contributed by atoms with Gasteiger partial charge in [0.05, 0.1) is 16.5 Å². The van der Waals surface area contributed by atoms with Crippen molar-refractivity contribution in [2.45, 2.75) is 38.6 Å². The Morgan fingerprint density at radius 2 is 1.73 bits per heavy atom. The summed E-state index contributed by atoms with van der Waals surface area (Å²) in [4.78, 5) is -0.498. The number of halogens is 1. The van der Waals surface area contributed by atoms with Gasteiger partial charge in [0.2, 0.25) is 9.84 Å². The van der Waals surface area contributed by atoms with E-state index in [4.69, 9.17) is 16.9 Å². The Kier molecular flexibility index (Phi) is 7.15. The highest BCUT2D eigenvalue weighted by molar-refractivity contribution is 7.95. The molecule has 0 spiro atoms. The number of hydrogen-bond acceptors (Lipinski definition) is 6. The molecule has 0 aromatic heterocycles. The Hall–Kier alpha value is -3.00. The number of nitrogens with zero attached hydrogens (tertiary/aromatic N) is 2. The summed E-state index contributed by atoms with van der Waals surface area (Å²) in [5.74, 6) is 0.0463. The number of benzene rings is 2. The molecule has 2 rings (SSSR count). The first kappa shape index (κ1) is 23.3. The van der Waals surface area contributed by atoms with Gasteiger partial charge < -0.3 is 10.6 Å². The first-order valence-electron chi connectivity index (χ1n) is 9.18. The van der Waals surface area contributed by atoms with Crippen LogP contribution in [-0.4, -0.2) is 14.5 Å². The number of rotatable bonds is 6. The van der Waals surface area contributed by atoms with E-state index in [1.54, 1.807) is 24.3 Å². The SMILES string of the molecule is CC(NC(Nc1cccc(C#N)c1)=C(C#N)S(=O)(=O)c1ccc(Cl)cc1)C(C)(C)C. The lowest BCUT2D eigenvalue weighted by Gasteiger charge is -2.30. The molecular weight excluding hydrogens is 420 g/mol. The fourth-order valence-corrected chi connectivity index (χ4v) is 3.74. The fourth-order valence-electron chi connectivity index (χ4n) is 2.38. The molecule has 1 atom stereocenters. The molecule has 2 aromatic carbocycles. The fraction of sp³-hybridized carbons (Fsp3) is 0.273. The third kappa shape index (κ3) is 5.54. The molecule has 0 aliphatic rings. The standard InChI is InChI=1S/C22H23ClN4O2S/c1-15(22(2,3)4)26-21(27-18-7-5-6-16(12-18)13-24)20(14-25)30(28,29)19-10-8-17(23)9-11-19/h5-12,15,26-27H,1-4H3. The van der Waals surface area contributed by atoms with Crippen LogP contribution in [0, 0.1) is 28.1 Å². The monoisotopic (exact) mass is 442 g/mol. The summed E-state index contributed by atoms with van der Waals surface area (Å²) in [5.41, 5.74) is 0.672. The van der Waals surface area contributed by atoms with Crippen molar-refractivity contribution in [1.82, 2.24) is 5.32 Å². The Morgan fingerprint density at radius 1 is 1.10 bits per heavy atom. The van der Waals surface area contributed by atoms with Gasteiger partial charge in [0.1, 0.15) is 11.9 Å². The molecule has 0 bridgehead atoms. The minimum absolute atomic E-state index is 0.0428. The van der Waals surface area contributed by atoms with Crippen molar-refractivity contribution >= 4 is 27.1 Å². The van der Waals surface area contributed by atoms with Gasteiger partial charge in [0.25, 0.3) is 0 Å². The Morgan fingerprint density at radius 3 is 2.27 bits per heavy atom. The molecule has 6 nitrogen and oxygen atoms in total. The summed E-state index contributed by atoms with van der Waals surface area (Å²) in [6.07, 6.45) is 0. The third-order valence-electron chi connectivity index (χ3n) is 4.64. The minimum atomic E-state index is -4.12. The molecule has 2 aromatic rings. The summed E-state index contributed by atoms with van der Waals surface area (Å²) in [6, 6.07) is 15.9. The highest BCUT2D eigenvalue weighted by Gasteiger charge is 2.28. The Labute approximate surface area is 182 Å². The number of sulfone groups is 1. The van der Waals surface area contributed by atoms with Crippen LogP contribution >= 0.6 is 11.6 Å². The largest absolute Gasteiger partial charge is 0.367 e. The quantitative estimate of drug-likeness (QED) is 0.621. The average Bonchev–Trinajstić information content (AvgIpc) is 2.68. The lowest BCUT2D eigenvalue weighted by atomic mass is 9.88. The lowest BCUT2D eigenvalue weighted by Crippen LogP contribution is -2.40. The van der Waals surface area contributed by atoms with E-state index < -0.39 is 14.7 Å². The molecule has 8 heteroatoms. The molecule has 0 amide bonds. The second-order valence-electron chi connectivity index (χ2n) is 7.82. The molecule has 0 radical (unpaired) electrons. The van der Waals surface area contributed by atoms with E-state index >= 15 is 0 Å². The van der Waals surface area contributed by atoms with Crippen molar-refractivity contribution in [2.75, 3.05) is 5.32 Å². The predicted octanol–water partition coefficient (Wildman–Crippen LogP) is 4.81. The van der Waals surface area contributed by atoms with Gasteiger partial charge in [-0.15, -0.1) is 0 Å². The molecule has 1 unspecified atom stereocenters. The van der Waals surface area contributed by atoms with E-state index in [-0.39, 0.29) is 22.2 Å². The molecule has 0 saturated carbocycles. The van der Waals surface area contributed by atoms with Gasteiger partial charge in [-0.1, -0.05) is 38.4 Å². The van der Waals surface area contributed by atoms with E-state index in [9.17, 15) is 13.7 Å². The second kappa shape index (κ2) is 9.21. The van der Waals surface area contributed by atoms with E-state index in [2.05, 4.69) is 10.6 Å². The van der Waals surface area contributed by atoms with Crippen LogP contribution in [0.4, 0.5) is 5.69 Å². The highest BCUT2D eigenvalue weighted by Crippen LogP contribution is 2.26. The second-order valence-corrected chi connectivity index (χ2v) is 10.1. The summed E-state index contributed by atoms with van der Waals surface area (Å²) in [5, 5.41) is 25.5. The first-order valence-corrected chi connectivity index (χ1v) is 11.0. The summed E-state index contributed by atoms with van der Waals surface area (Å²) < 4.78 is 26.4. The van der Waals surface area contributed by atoms with Crippen molar-refractivity contribution in [1.29, 1.82) is 10.5 Å². The molecule has 0 saturated heterocycles. The van der Waals surface area contributed by atoms with E-state index in [0.29, 0.717) is 16.3 Å². The summed E-state index contributed by atoms with van der Waals surface area (Å²) >= 11 is 5.87. The van der Waals surface area contributed by atoms with Gasteiger partial charge in [-0.25, -0.2) is 8.42 Å². The van der Waals surface area contributed by atoms with Crippen molar-refractivity contribution in [3.8, 4) is 12.1 Å². The van der Waals surface area contributed by atoms with Crippen LogP contribution in [0.3, 0.4) is 0 Å². The molecule has 0 aliphatic carbocycles. The number of allylic oxidation sites excluding steroid dienone is 1. The predicted molar refractivity (Wildman–Crippen MR) is 118 cm³/mol. The number of nitrogens with one attached hydrogen (secondary N) is 2. The molecule has 0 heterocycles. The maximum absolute atomic E-state index is 13.2. The molecule has 0 aliphatic heterocycles. The van der Waals surface area contributed by atoms with Gasteiger partial charge in [-0.2, -0.15) is 10.5 Å². The van der Waals surface area contributed by atoms with Crippen molar-refractivity contribution in [3.05, 3.63) is 69.8 Å². The van der Waals surface area contributed by atoms with Crippen LogP contribution < -0.4 is 10.6 Å². The summed E-state index contributed by atoms with van der Waals surface area (Å²) in [7, 11) is -4.12. The van der Waals surface area contributed by atoms with Gasteiger partial charge in [-0.05, 0) is 54.8 Å². The van der Waals surface area contributed by atoms with E-state index in [0.717, 1.165) is 0 Å². The lowest BCUT2D eigenvalue weighted by molar-refractivity contribution is 0.303. The van der Waals surface area contributed by atoms with Crippen LogP contribution in [0.15, 0.2) is 64.2 Å². The zero-order valence-electron chi connectivity index (χ0n) is 17.2. The summed E-state index contributed by atoms with van der Waals surface area (Å²) in [6.45, 7) is 7.90. The third-order valence-corrected chi connectivity index (χ3v) is 6.62. The highest BCUT2D eigenvalue weighted by atomic mass is 35.5. The van der Waals surface area contributed by atoms with Crippen LogP contribution in [0.25, 0.3) is 0 Å². The maximum atomic E-state index is 13.2. The molecular formula is C22H23ClN4O2S. The van der Waals surface area contributed by atoms with E-state index in [1.807, 2.05) is 39.8 Å². The van der Waals surface area contributed by atoms with Gasteiger partial charge in [0, 0.05) is 16.8 Å². The first-order chi connectivity index (χ1) is 14.0. The number of anilines is 1. The molecule has 2 N–H and O–H groups in total. The van der Waals surface area contributed by atoms with E-state index in [1.165, 1.54) is 24.3 Å². The van der Waals surface area contributed by atoms with Crippen LogP contribution in [-0.2, 0) is 9.84 Å². The van der Waals surface area contributed by atoms with Crippen molar-refractivity contribution in [3.63, 3.8) is 0 Å². The smallest absolute Gasteiger partial charge is 0.220 e. The van der Waals surface area contributed by atoms with Gasteiger partial charge >= 0.3 is 0 Å². The zero-order chi connectivity index (χ0) is 22.5. The number of nitriles is 2. The average molecular weight is 443 g/mol. The van der Waals surface area contributed by atoms with Crippen molar-refractivity contribution < 1.29 is 8.42 Å². The van der Waals surface area contributed by atoms with Gasteiger partial charge in [0.15, 0.2) is 4.91 Å². The minimum Gasteiger partial charge on any atom is -0.367 e. The van der Waals surface area contributed by atoms with Crippen LogP contribution in [0.2, 0.25) is 5.02 Å². The maximum Gasteiger partial charge on any atom is 0.220 e. The van der Waals surface area contributed by atoms with Crippen LogP contribution in [0.1, 0.15) is 33.3 Å². The Balaban J connectivity index is 2.63. The molecule has 156 valence electrons. The van der Waals surface area contributed by atoms with Gasteiger partial charge in [-0.3, -0.25) is 0 Å². The zero-order valence-corrected chi connectivity index (χ0v) is 18.8. The number of hydrogen-bond donors (Lipinski definition) is 2. The molecule has 30 heavy (non-hydrogen) atoms.